The number of hydrogen-bond donors (Lipinski definition) is 3. The smallest absolute Gasteiger partial charge is 0.329 e. The maximum Gasteiger partial charge on any atom is 0.329 e. The Morgan fingerprint density at radius 1 is 0.868 bits per heavy atom. The van der Waals surface area contributed by atoms with Crippen molar-refractivity contribution in [1.29, 1.82) is 0 Å². The summed E-state index contributed by atoms with van der Waals surface area (Å²) in [6, 6.07) is -1.13. The lowest BCUT2D eigenvalue weighted by Gasteiger charge is -2.42. The molecule has 3 N–H and O–H groups in total. The minimum Gasteiger partial charge on any atom is -0.460 e. The molecule has 1 amide bonds. The summed E-state index contributed by atoms with van der Waals surface area (Å²) in [5.41, 5.74) is 1.28. The van der Waals surface area contributed by atoms with Crippen molar-refractivity contribution < 1.29 is 63.0 Å². The molecule has 4 rings (SSSR count). The molecule has 3 heterocycles. The highest BCUT2D eigenvalue weighted by molar-refractivity contribution is 6.39. The molecule has 0 aromatic heterocycles. The van der Waals surface area contributed by atoms with Gasteiger partial charge >= 0.3 is 5.97 Å². The monoisotopic (exact) mass is 956 g/mol. The number of carbonyl (C=O) groups is 5. The van der Waals surface area contributed by atoms with Crippen LogP contribution in [0.2, 0.25) is 0 Å². The number of nitrogens with zero attached hydrogens (tertiary/aromatic N) is 1. The van der Waals surface area contributed by atoms with Crippen LogP contribution in [0.5, 0.6) is 0 Å². The highest BCUT2D eigenvalue weighted by Crippen LogP contribution is 2.39. The van der Waals surface area contributed by atoms with Gasteiger partial charge < -0.3 is 43.9 Å². The van der Waals surface area contributed by atoms with Gasteiger partial charge in [-0.15, -0.1) is 0 Å². The van der Waals surface area contributed by atoms with Crippen LogP contribution in [-0.4, -0.2) is 132 Å². The Bertz CT molecular complexity index is 1810. The molecule has 2 bridgehead atoms. The third kappa shape index (κ3) is 15.3. The van der Waals surface area contributed by atoms with Gasteiger partial charge in [0.25, 0.3) is 11.7 Å². The molecule has 15 unspecified atom stereocenters. The lowest BCUT2D eigenvalue weighted by molar-refractivity contribution is -0.265. The SMILES string of the molecule is COC1CC2CCC(C)C(O)(O2)C(=O)C(=O)N2CCCCC2C(=O)OC(C(C)CC2CCC(CCCO)C(OC)C2)CC(=O)C(C)/C=C(\C)C(O)C(OC)C(=O)C(C)CC(C)/C=C/C=C/C=C/1C. The normalized spacial score (nSPS) is 39.2. The van der Waals surface area contributed by atoms with Crippen molar-refractivity contribution in [1.82, 2.24) is 4.90 Å². The molecule has 384 valence electrons. The van der Waals surface area contributed by atoms with E-state index in [0.29, 0.717) is 62.9 Å². The fraction of sp³-hybridized carbons (Fsp3) is 0.759. The van der Waals surface area contributed by atoms with Gasteiger partial charge in [-0.2, -0.15) is 0 Å². The van der Waals surface area contributed by atoms with Gasteiger partial charge in [-0.25, -0.2) is 4.79 Å². The largest absolute Gasteiger partial charge is 0.460 e. The third-order valence-corrected chi connectivity index (χ3v) is 15.4. The number of aliphatic hydroxyl groups is 3. The summed E-state index contributed by atoms with van der Waals surface area (Å²) in [6.45, 7) is 13.0. The number of methoxy groups -OCH3 is 3. The zero-order valence-corrected chi connectivity index (χ0v) is 42.7. The molecule has 14 nitrogen and oxygen atoms in total. The van der Waals surface area contributed by atoms with Gasteiger partial charge in [0.1, 0.15) is 30.1 Å². The third-order valence-electron chi connectivity index (χ3n) is 15.4. The molecule has 0 spiro atoms. The fourth-order valence-electron chi connectivity index (χ4n) is 10.9. The van der Waals surface area contributed by atoms with Crippen molar-refractivity contribution in [2.24, 2.45) is 41.4 Å². The minimum atomic E-state index is -2.42. The summed E-state index contributed by atoms with van der Waals surface area (Å²) in [4.78, 5) is 72.2. The van der Waals surface area contributed by atoms with Crippen LogP contribution in [0.15, 0.2) is 47.6 Å². The van der Waals surface area contributed by atoms with E-state index in [4.69, 9.17) is 23.7 Å². The molecule has 15 atom stereocenters. The number of cyclic esters (lactones) is 1. The van der Waals surface area contributed by atoms with Gasteiger partial charge in [-0.05, 0) is 126 Å². The topological polar surface area (TPSA) is 195 Å². The van der Waals surface area contributed by atoms with Crippen LogP contribution in [0.25, 0.3) is 0 Å². The van der Waals surface area contributed by atoms with Crippen LogP contribution < -0.4 is 0 Å². The molecule has 1 saturated carbocycles. The summed E-state index contributed by atoms with van der Waals surface area (Å²) in [7, 11) is 4.68. The van der Waals surface area contributed by atoms with E-state index in [1.807, 2.05) is 58.1 Å². The van der Waals surface area contributed by atoms with Gasteiger partial charge in [0.05, 0.1) is 18.3 Å². The first-order chi connectivity index (χ1) is 32.3. The van der Waals surface area contributed by atoms with Crippen LogP contribution >= 0.6 is 0 Å². The van der Waals surface area contributed by atoms with E-state index in [-0.39, 0.29) is 61.4 Å². The van der Waals surface area contributed by atoms with E-state index < -0.39 is 77.8 Å². The summed E-state index contributed by atoms with van der Waals surface area (Å²) in [5.74, 6) is -7.40. The molecular formula is C54H85NO13. The highest BCUT2D eigenvalue weighted by Gasteiger charge is 2.53. The molecule has 3 fully saturated rings. The average Bonchev–Trinajstić information content (AvgIpc) is 3.32. The van der Waals surface area contributed by atoms with E-state index >= 15 is 0 Å². The molecule has 0 aromatic rings. The number of esters is 1. The first-order valence-electron chi connectivity index (χ1n) is 25.4. The van der Waals surface area contributed by atoms with Gasteiger partial charge in [0, 0.05) is 65.1 Å². The highest BCUT2D eigenvalue weighted by atomic mass is 16.6. The van der Waals surface area contributed by atoms with Crippen molar-refractivity contribution in [2.45, 2.75) is 187 Å². The van der Waals surface area contributed by atoms with Crippen LogP contribution in [0.4, 0.5) is 0 Å². The average molecular weight is 956 g/mol. The second-order valence-corrected chi connectivity index (χ2v) is 20.6. The summed E-state index contributed by atoms with van der Waals surface area (Å²) >= 11 is 0. The molecule has 14 heteroatoms. The molecule has 1 aliphatic carbocycles. The van der Waals surface area contributed by atoms with E-state index in [1.54, 1.807) is 41.1 Å². The van der Waals surface area contributed by atoms with Crippen LogP contribution in [0, 0.1) is 41.4 Å². The van der Waals surface area contributed by atoms with Gasteiger partial charge in [-0.1, -0.05) is 71.1 Å². The Morgan fingerprint density at radius 2 is 1.60 bits per heavy atom. The second kappa shape index (κ2) is 27.3. The molecule has 4 aliphatic rings. The van der Waals surface area contributed by atoms with Crippen molar-refractivity contribution >= 4 is 29.2 Å². The summed E-state index contributed by atoms with van der Waals surface area (Å²) in [5, 5.41) is 32.9. The molecule has 2 saturated heterocycles. The number of amides is 1. The Labute approximate surface area is 406 Å². The Balaban J connectivity index is 1.70. The number of rotatable bonds is 9. The molecular weight excluding hydrogens is 871 g/mol. The Kier molecular flexibility index (Phi) is 23.0. The number of hydrogen-bond acceptors (Lipinski definition) is 13. The Hall–Kier alpha value is -3.37. The van der Waals surface area contributed by atoms with E-state index in [1.165, 1.54) is 12.0 Å². The fourth-order valence-corrected chi connectivity index (χ4v) is 10.9. The van der Waals surface area contributed by atoms with Crippen molar-refractivity contribution in [2.75, 3.05) is 34.5 Å². The first kappa shape index (κ1) is 57.2. The zero-order valence-electron chi connectivity index (χ0n) is 42.7. The van der Waals surface area contributed by atoms with Crippen LogP contribution in [-0.2, 0) is 47.7 Å². The number of fused-ring (bicyclic) bond motifs is 3. The number of ketones is 3. The summed E-state index contributed by atoms with van der Waals surface area (Å²) in [6.07, 6.45) is 14.7. The lowest BCUT2D eigenvalue weighted by Crippen LogP contribution is -2.61. The predicted molar refractivity (Wildman–Crippen MR) is 259 cm³/mol. The maximum atomic E-state index is 14.5. The number of allylic oxidation sites excluding steroid dienone is 6. The molecule has 3 aliphatic heterocycles. The van der Waals surface area contributed by atoms with E-state index in [9.17, 15) is 39.3 Å². The van der Waals surface area contributed by atoms with Crippen molar-refractivity contribution in [3.8, 4) is 0 Å². The number of aliphatic hydroxyl groups excluding tert-OH is 2. The van der Waals surface area contributed by atoms with Crippen LogP contribution in [0.3, 0.4) is 0 Å². The van der Waals surface area contributed by atoms with Crippen molar-refractivity contribution in [3.05, 3.63) is 47.6 Å². The number of ether oxygens (including phenoxy) is 5. The van der Waals surface area contributed by atoms with Crippen LogP contribution in [0.1, 0.15) is 138 Å². The molecule has 0 radical (unpaired) electrons. The number of piperidine rings is 1. The quantitative estimate of drug-likeness (QED) is 0.119. The minimum absolute atomic E-state index is 0.0103. The van der Waals surface area contributed by atoms with Gasteiger partial charge in [0.15, 0.2) is 5.78 Å². The van der Waals surface area contributed by atoms with E-state index in [0.717, 1.165) is 31.3 Å². The molecule has 0 aromatic carbocycles. The second-order valence-electron chi connectivity index (χ2n) is 20.6. The Morgan fingerprint density at radius 3 is 2.28 bits per heavy atom. The lowest BCUT2D eigenvalue weighted by atomic mass is 9.74. The van der Waals surface area contributed by atoms with Gasteiger partial charge in [-0.3, -0.25) is 19.2 Å². The zero-order chi connectivity index (χ0) is 50.3. The predicted octanol–water partition coefficient (Wildman–Crippen LogP) is 7.21. The van der Waals surface area contributed by atoms with Crippen molar-refractivity contribution in [3.63, 3.8) is 0 Å². The maximum absolute atomic E-state index is 14.5. The standard InChI is InChI=1S/C54H85NO13/c1-33-17-12-11-13-18-34(2)45(64-8)31-42-24-21-39(7)54(63,68-42)51(60)52(61)55-25-15-14-20-43(55)53(62)67-46(36(4)29-40-22-23-41(19-16-26-56)47(30-40)65-9)32-44(57)35(3)28-38(6)49(59)50(66-10)48(58)37(5)27-33/h11-13,17-18,28,33,35-37,39-43,45-47,49-50,56,59,63H,14-16,19-27,29-32H2,1-10H3/b13-11+,17-12+,34-18+,38-28+. The first-order valence-corrected chi connectivity index (χ1v) is 25.4. The van der Waals surface area contributed by atoms with Gasteiger partial charge in [0.2, 0.25) is 5.79 Å². The molecule has 68 heavy (non-hydrogen) atoms. The number of Topliss-reactive ketones (excluding diaryl/α,β-unsaturated/α-hetero) is 3. The number of carbonyl (C=O) groups excluding carboxylic acids is 5. The summed E-state index contributed by atoms with van der Waals surface area (Å²) < 4.78 is 29.9. The van der Waals surface area contributed by atoms with E-state index in [2.05, 4.69) is 0 Å².